The lowest BCUT2D eigenvalue weighted by Gasteiger charge is -2.26. The molecule has 1 aromatic rings. The molecule has 1 N–H and O–H groups in total. The molecule has 0 amide bonds. The van der Waals surface area contributed by atoms with Crippen LogP contribution in [0.15, 0.2) is 23.1 Å². The minimum atomic E-state index is -3.88. The van der Waals surface area contributed by atoms with Crippen LogP contribution in [0.4, 0.5) is 4.39 Å². The Labute approximate surface area is 125 Å². The Morgan fingerprint density at radius 1 is 1.48 bits per heavy atom. The molecule has 2 atom stereocenters. The van der Waals surface area contributed by atoms with Crippen molar-refractivity contribution in [3.05, 3.63) is 29.6 Å². The van der Waals surface area contributed by atoms with Gasteiger partial charge in [0, 0.05) is 20.2 Å². The molecule has 0 radical (unpaired) electrons. The van der Waals surface area contributed by atoms with Crippen molar-refractivity contribution in [2.45, 2.75) is 36.9 Å². The van der Waals surface area contributed by atoms with E-state index in [-0.39, 0.29) is 17.0 Å². The van der Waals surface area contributed by atoms with Crippen LogP contribution in [0.5, 0.6) is 0 Å². The topological polar surface area (TPSA) is 58.6 Å². The number of benzene rings is 1. The standard InChI is InChI=1S/C14H21FN2O3S/c1-10-13(6-7-20-10)17(3)21(18,19)14-8-11(9-16-2)4-5-12(14)15/h4-5,8,10,13,16H,6-7,9H2,1-3H3. The van der Waals surface area contributed by atoms with Gasteiger partial charge in [-0.1, -0.05) is 6.07 Å². The van der Waals surface area contributed by atoms with E-state index in [0.717, 1.165) is 5.56 Å². The van der Waals surface area contributed by atoms with E-state index in [2.05, 4.69) is 5.32 Å². The highest BCUT2D eigenvalue weighted by molar-refractivity contribution is 7.89. The maximum absolute atomic E-state index is 14.0. The van der Waals surface area contributed by atoms with Crippen molar-refractivity contribution in [2.75, 3.05) is 20.7 Å². The smallest absolute Gasteiger partial charge is 0.246 e. The molecule has 1 fully saturated rings. The predicted octanol–water partition coefficient (Wildman–Crippen LogP) is 1.34. The van der Waals surface area contributed by atoms with Gasteiger partial charge < -0.3 is 10.1 Å². The molecule has 7 heteroatoms. The number of sulfonamides is 1. The van der Waals surface area contributed by atoms with Crippen molar-refractivity contribution in [3.63, 3.8) is 0 Å². The molecule has 1 aliphatic rings. The normalized spacial score (nSPS) is 22.9. The van der Waals surface area contributed by atoms with Crippen LogP contribution < -0.4 is 5.32 Å². The molecule has 1 aliphatic heterocycles. The summed E-state index contributed by atoms with van der Waals surface area (Å²) in [6, 6.07) is 3.90. The van der Waals surface area contributed by atoms with Crippen LogP contribution in [0.3, 0.4) is 0 Å². The van der Waals surface area contributed by atoms with Gasteiger partial charge in [-0.25, -0.2) is 12.8 Å². The van der Waals surface area contributed by atoms with E-state index in [1.54, 1.807) is 13.1 Å². The molecule has 1 aromatic carbocycles. The number of nitrogens with zero attached hydrogens (tertiary/aromatic N) is 1. The number of hydrogen-bond donors (Lipinski definition) is 1. The molecule has 0 saturated carbocycles. The third kappa shape index (κ3) is 3.26. The number of hydrogen-bond acceptors (Lipinski definition) is 4. The maximum Gasteiger partial charge on any atom is 0.246 e. The second-order valence-corrected chi connectivity index (χ2v) is 7.21. The van der Waals surface area contributed by atoms with Crippen LogP contribution in [-0.4, -0.2) is 45.6 Å². The SMILES string of the molecule is CNCc1ccc(F)c(S(=O)(=O)N(C)C2CCOC2C)c1. The molecule has 2 unspecified atom stereocenters. The van der Waals surface area contributed by atoms with Gasteiger partial charge in [-0.15, -0.1) is 0 Å². The Morgan fingerprint density at radius 3 is 2.76 bits per heavy atom. The zero-order valence-corrected chi connectivity index (χ0v) is 13.3. The summed E-state index contributed by atoms with van der Waals surface area (Å²) in [4.78, 5) is -0.281. The quantitative estimate of drug-likeness (QED) is 0.891. The minimum Gasteiger partial charge on any atom is -0.377 e. The maximum atomic E-state index is 14.0. The molecule has 0 bridgehead atoms. The Hall–Kier alpha value is -1.02. The summed E-state index contributed by atoms with van der Waals surface area (Å²) < 4.78 is 45.9. The average Bonchev–Trinajstić information content (AvgIpc) is 2.86. The highest BCUT2D eigenvalue weighted by atomic mass is 32.2. The van der Waals surface area contributed by atoms with Crippen LogP contribution in [-0.2, 0) is 21.3 Å². The van der Waals surface area contributed by atoms with E-state index in [0.29, 0.717) is 19.6 Å². The van der Waals surface area contributed by atoms with Gasteiger partial charge in [-0.05, 0) is 38.1 Å². The zero-order valence-electron chi connectivity index (χ0n) is 12.5. The summed E-state index contributed by atoms with van der Waals surface area (Å²) >= 11 is 0. The first-order chi connectivity index (χ1) is 9.87. The van der Waals surface area contributed by atoms with Gasteiger partial charge in [0.25, 0.3) is 0 Å². The van der Waals surface area contributed by atoms with E-state index >= 15 is 0 Å². The number of halogens is 1. The molecule has 0 aliphatic carbocycles. The van der Waals surface area contributed by atoms with E-state index < -0.39 is 15.8 Å². The largest absolute Gasteiger partial charge is 0.377 e. The van der Waals surface area contributed by atoms with Gasteiger partial charge in [0.2, 0.25) is 10.0 Å². The van der Waals surface area contributed by atoms with Gasteiger partial charge >= 0.3 is 0 Å². The summed E-state index contributed by atoms with van der Waals surface area (Å²) in [5, 5.41) is 2.92. The van der Waals surface area contributed by atoms with Crippen molar-refractivity contribution in [3.8, 4) is 0 Å². The van der Waals surface area contributed by atoms with E-state index in [1.807, 2.05) is 6.92 Å². The third-order valence-corrected chi connectivity index (χ3v) is 5.73. The first kappa shape index (κ1) is 16.4. The number of nitrogens with one attached hydrogen (secondary N) is 1. The number of ether oxygens (including phenoxy) is 1. The molecule has 1 heterocycles. The highest BCUT2D eigenvalue weighted by Crippen LogP contribution is 2.26. The lowest BCUT2D eigenvalue weighted by atomic mass is 10.2. The van der Waals surface area contributed by atoms with Gasteiger partial charge in [0.15, 0.2) is 0 Å². The van der Waals surface area contributed by atoms with Crippen LogP contribution in [0, 0.1) is 5.82 Å². The first-order valence-electron chi connectivity index (χ1n) is 6.90. The zero-order chi connectivity index (χ0) is 15.6. The Kier molecular flexibility index (Phi) is 4.98. The van der Waals surface area contributed by atoms with Gasteiger partial charge in [0.1, 0.15) is 10.7 Å². The lowest BCUT2D eigenvalue weighted by Crippen LogP contribution is -2.41. The second-order valence-electron chi connectivity index (χ2n) is 5.25. The molecule has 21 heavy (non-hydrogen) atoms. The lowest BCUT2D eigenvalue weighted by molar-refractivity contribution is 0.102. The number of rotatable bonds is 5. The Balaban J connectivity index is 2.36. The predicted molar refractivity (Wildman–Crippen MR) is 77.9 cm³/mol. The molecule has 0 aromatic heterocycles. The Bertz CT molecular complexity index is 606. The van der Waals surface area contributed by atoms with Crippen molar-refractivity contribution < 1.29 is 17.5 Å². The molecule has 5 nitrogen and oxygen atoms in total. The molecule has 118 valence electrons. The van der Waals surface area contributed by atoms with E-state index in [4.69, 9.17) is 4.74 Å². The summed E-state index contributed by atoms with van der Waals surface area (Å²) in [5.41, 5.74) is 0.724. The second kappa shape index (κ2) is 6.39. The first-order valence-corrected chi connectivity index (χ1v) is 8.34. The van der Waals surface area contributed by atoms with Crippen LogP contribution in [0.1, 0.15) is 18.9 Å². The average molecular weight is 316 g/mol. The van der Waals surface area contributed by atoms with Crippen LogP contribution in [0.25, 0.3) is 0 Å². The highest BCUT2D eigenvalue weighted by Gasteiger charge is 2.36. The van der Waals surface area contributed by atoms with Crippen LogP contribution >= 0.6 is 0 Å². The summed E-state index contributed by atoms with van der Waals surface area (Å²) in [5.74, 6) is -0.728. The summed E-state index contributed by atoms with van der Waals surface area (Å²) in [6.07, 6.45) is 0.433. The van der Waals surface area contributed by atoms with E-state index in [1.165, 1.54) is 23.5 Å². The summed E-state index contributed by atoms with van der Waals surface area (Å²) in [6.45, 7) is 2.83. The van der Waals surface area contributed by atoms with Crippen molar-refractivity contribution in [1.82, 2.24) is 9.62 Å². The number of likely N-dealkylation sites (N-methyl/N-ethyl adjacent to an activating group) is 1. The fourth-order valence-electron chi connectivity index (χ4n) is 2.59. The van der Waals surface area contributed by atoms with Crippen LogP contribution in [0.2, 0.25) is 0 Å². The molecular weight excluding hydrogens is 295 g/mol. The molecule has 2 rings (SSSR count). The fraction of sp³-hybridized carbons (Fsp3) is 0.571. The molecule has 1 saturated heterocycles. The molecular formula is C14H21FN2O3S. The van der Waals surface area contributed by atoms with Crippen molar-refractivity contribution in [1.29, 1.82) is 0 Å². The van der Waals surface area contributed by atoms with E-state index in [9.17, 15) is 12.8 Å². The van der Waals surface area contributed by atoms with Crippen molar-refractivity contribution >= 4 is 10.0 Å². The fourth-order valence-corrected chi connectivity index (χ4v) is 4.15. The molecule has 0 spiro atoms. The van der Waals surface area contributed by atoms with Crippen molar-refractivity contribution in [2.24, 2.45) is 0 Å². The minimum absolute atomic E-state index is 0.187. The Morgan fingerprint density at radius 2 is 2.19 bits per heavy atom. The third-order valence-electron chi connectivity index (χ3n) is 3.84. The van der Waals surface area contributed by atoms with Gasteiger partial charge in [-0.2, -0.15) is 4.31 Å². The monoisotopic (exact) mass is 316 g/mol. The van der Waals surface area contributed by atoms with Gasteiger partial charge in [0.05, 0.1) is 12.1 Å². The summed E-state index contributed by atoms with van der Waals surface area (Å²) in [7, 11) is -0.644. The van der Waals surface area contributed by atoms with Gasteiger partial charge in [-0.3, -0.25) is 0 Å².